The molecule has 0 unspecified atom stereocenters. The van der Waals surface area contributed by atoms with Crippen LogP contribution in [0.5, 0.6) is 0 Å². The van der Waals surface area contributed by atoms with E-state index in [0.717, 1.165) is 38.4 Å². The Morgan fingerprint density at radius 3 is 3.29 bits per heavy atom. The van der Waals surface area contributed by atoms with Crippen LogP contribution in [-0.2, 0) is 6.42 Å². The lowest BCUT2D eigenvalue weighted by Gasteiger charge is -2.15. The number of nitrogens with zero attached hydrogens (tertiary/aromatic N) is 2. The highest BCUT2D eigenvalue weighted by Gasteiger charge is 2.02. The lowest BCUT2D eigenvalue weighted by atomic mass is 10.4. The molecule has 1 aromatic rings. The maximum absolute atomic E-state index is 4.33. The molecule has 0 radical (unpaired) electrons. The van der Waals surface area contributed by atoms with Crippen molar-refractivity contribution >= 4 is 17.3 Å². The molecule has 1 aliphatic rings. The van der Waals surface area contributed by atoms with Gasteiger partial charge in [0.25, 0.3) is 0 Å². The molecule has 76 valence electrons. The monoisotopic (exact) mass is 210 g/mol. The van der Waals surface area contributed by atoms with Crippen molar-refractivity contribution in [3.8, 4) is 0 Å². The number of aliphatic imine (C=N–C) groups is 1. The zero-order valence-electron chi connectivity index (χ0n) is 7.99. The van der Waals surface area contributed by atoms with E-state index in [2.05, 4.69) is 20.6 Å². The van der Waals surface area contributed by atoms with Crippen LogP contribution in [0.25, 0.3) is 0 Å². The summed E-state index contributed by atoms with van der Waals surface area (Å²) in [6.45, 7) is 2.87. The molecule has 0 spiro atoms. The Labute approximate surface area is 87.5 Å². The molecule has 14 heavy (non-hydrogen) atoms. The fourth-order valence-electron chi connectivity index (χ4n) is 1.32. The summed E-state index contributed by atoms with van der Waals surface area (Å²) in [5.74, 6) is 0.938. The van der Waals surface area contributed by atoms with Gasteiger partial charge >= 0.3 is 0 Å². The lowest BCUT2D eigenvalue weighted by molar-refractivity contribution is 0.700. The molecule has 0 amide bonds. The van der Waals surface area contributed by atoms with Crippen molar-refractivity contribution in [3.05, 3.63) is 16.6 Å². The molecule has 0 fully saturated rings. The van der Waals surface area contributed by atoms with Gasteiger partial charge in [-0.15, -0.1) is 11.3 Å². The van der Waals surface area contributed by atoms with Crippen LogP contribution >= 0.6 is 11.3 Å². The van der Waals surface area contributed by atoms with Crippen molar-refractivity contribution in [3.63, 3.8) is 0 Å². The summed E-state index contributed by atoms with van der Waals surface area (Å²) in [5.41, 5.74) is 0. The van der Waals surface area contributed by atoms with Gasteiger partial charge in [0.2, 0.25) is 0 Å². The van der Waals surface area contributed by atoms with Crippen LogP contribution in [0, 0.1) is 0 Å². The van der Waals surface area contributed by atoms with Crippen molar-refractivity contribution in [2.24, 2.45) is 4.99 Å². The predicted octanol–water partition coefficient (Wildman–Crippen LogP) is 0.624. The molecule has 1 aromatic heterocycles. The van der Waals surface area contributed by atoms with Crippen LogP contribution in [0.1, 0.15) is 11.4 Å². The molecule has 2 rings (SSSR count). The second-order valence-corrected chi connectivity index (χ2v) is 4.09. The van der Waals surface area contributed by atoms with E-state index in [-0.39, 0.29) is 0 Å². The van der Waals surface area contributed by atoms with Gasteiger partial charge in [0.05, 0.1) is 5.01 Å². The smallest absolute Gasteiger partial charge is 0.191 e. The maximum atomic E-state index is 4.33. The molecular weight excluding hydrogens is 196 g/mol. The number of hydrogen-bond donors (Lipinski definition) is 2. The van der Waals surface area contributed by atoms with Crippen LogP contribution in [0.3, 0.4) is 0 Å². The maximum Gasteiger partial charge on any atom is 0.191 e. The Morgan fingerprint density at radius 1 is 1.57 bits per heavy atom. The quantitative estimate of drug-likeness (QED) is 0.769. The molecule has 5 heteroatoms. The molecule has 0 bridgehead atoms. The Balaban J connectivity index is 1.70. The average molecular weight is 210 g/mol. The predicted molar refractivity (Wildman–Crippen MR) is 58.7 cm³/mol. The highest BCUT2D eigenvalue weighted by molar-refractivity contribution is 7.09. The number of aromatic nitrogens is 1. The van der Waals surface area contributed by atoms with E-state index in [1.54, 1.807) is 11.3 Å². The Kier molecular flexibility index (Phi) is 3.34. The minimum absolute atomic E-state index is 0.902. The van der Waals surface area contributed by atoms with E-state index in [4.69, 9.17) is 0 Å². The third kappa shape index (κ3) is 2.70. The van der Waals surface area contributed by atoms with Gasteiger partial charge in [0.15, 0.2) is 5.96 Å². The summed E-state index contributed by atoms with van der Waals surface area (Å²) in [5, 5.41) is 9.67. The summed E-state index contributed by atoms with van der Waals surface area (Å²) in [4.78, 5) is 8.54. The van der Waals surface area contributed by atoms with Gasteiger partial charge < -0.3 is 10.6 Å². The molecule has 4 nitrogen and oxygen atoms in total. The summed E-state index contributed by atoms with van der Waals surface area (Å²) in [6.07, 6.45) is 3.95. The highest BCUT2D eigenvalue weighted by Crippen LogP contribution is 2.03. The second kappa shape index (κ2) is 4.95. The third-order valence-corrected chi connectivity index (χ3v) is 2.85. The van der Waals surface area contributed by atoms with Gasteiger partial charge in [0.1, 0.15) is 0 Å². The SMILES string of the molecule is c1csc(CCNC2=NCCCN2)n1. The first-order chi connectivity index (χ1) is 6.95. The number of hydrogen-bond acceptors (Lipinski definition) is 5. The first-order valence-corrected chi connectivity index (χ1v) is 5.74. The summed E-state index contributed by atoms with van der Waals surface area (Å²) >= 11 is 1.70. The molecular formula is C9H14N4S. The second-order valence-electron chi connectivity index (χ2n) is 3.11. The first-order valence-electron chi connectivity index (χ1n) is 4.86. The molecule has 0 aliphatic carbocycles. The topological polar surface area (TPSA) is 49.3 Å². The zero-order valence-corrected chi connectivity index (χ0v) is 8.81. The van der Waals surface area contributed by atoms with Gasteiger partial charge in [-0.1, -0.05) is 0 Å². The van der Waals surface area contributed by atoms with Gasteiger partial charge in [-0.25, -0.2) is 4.98 Å². The molecule has 1 aliphatic heterocycles. The zero-order chi connectivity index (χ0) is 9.64. The van der Waals surface area contributed by atoms with Crippen molar-refractivity contribution in [1.29, 1.82) is 0 Å². The lowest BCUT2D eigenvalue weighted by Crippen LogP contribution is -2.41. The Bertz CT molecular complexity index is 294. The van der Waals surface area contributed by atoms with Crippen LogP contribution in [-0.4, -0.2) is 30.6 Å². The van der Waals surface area contributed by atoms with Gasteiger partial charge in [0, 0.05) is 37.6 Å². The van der Waals surface area contributed by atoms with Gasteiger partial charge in [-0.05, 0) is 6.42 Å². The summed E-state index contributed by atoms with van der Waals surface area (Å²) in [7, 11) is 0. The van der Waals surface area contributed by atoms with Crippen LogP contribution in [0.15, 0.2) is 16.6 Å². The third-order valence-electron chi connectivity index (χ3n) is 2.01. The molecule has 0 atom stereocenters. The summed E-state index contributed by atoms with van der Waals surface area (Å²) in [6, 6.07) is 0. The van der Waals surface area contributed by atoms with E-state index in [9.17, 15) is 0 Å². The Morgan fingerprint density at radius 2 is 2.57 bits per heavy atom. The molecule has 2 N–H and O–H groups in total. The van der Waals surface area contributed by atoms with E-state index >= 15 is 0 Å². The molecule has 2 heterocycles. The fourth-order valence-corrected chi connectivity index (χ4v) is 1.94. The number of nitrogens with one attached hydrogen (secondary N) is 2. The number of guanidine groups is 1. The highest BCUT2D eigenvalue weighted by atomic mass is 32.1. The molecule has 0 saturated heterocycles. The van der Waals surface area contributed by atoms with Gasteiger partial charge in [-0.3, -0.25) is 4.99 Å². The van der Waals surface area contributed by atoms with E-state index < -0.39 is 0 Å². The van der Waals surface area contributed by atoms with Crippen LogP contribution in [0.4, 0.5) is 0 Å². The largest absolute Gasteiger partial charge is 0.356 e. The van der Waals surface area contributed by atoms with Crippen molar-refractivity contribution in [1.82, 2.24) is 15.6 Å². The fraction of sp³-hybridized carbons (Fsp3) is 0.556. The first kappa shape index (κ1) is 9.45. The normalized spacial score (nSPS) is 15.9. The molecule has 0 aromatic carbocycles. The van der Waals surface area contributed by atoms with Crippen LogP contribution < -0.4 is 10.6 Å². The van der Waals surface area contributed by atoms with E-state index in [0.29, 0.717) is 0 Å². The van der Waals surface area contributed by atoms with Crippen molar-refractivity contribution in [2.45, 2.75) is 12.8 Å². The van der Waals surface area contributed by atoms with Crippen molar-refractivity contribution < 1.29 is 0 Å². The number of rotatable bonds is 3. The van der Waals surface area contributed by atoms with E-state index in [1.165, 1.54) is 5.01 Å². The standard InChI is InChI=1S/C9H14N4S/c1-3-11-9(12-4-1)13-5-2-8-10-6-7-14-8/h6-7H,1-5H2,(H2,11,12,13). The average Bonchev–Trinajstić information content (AvgIpc) is 2.72. The van der Waals surface area contributed by atoms with Crippen molar-refractivity contribution in [2.75, 3.05) is 19.6 Å². The van der Waals surface area contributed by atoms with Gasteiger partial charge in [-0.2, -0.15) is 0 Å². The summed E-state index contributed by atoms with van der Waals surface area (Å²) < 4.78 is 0. The molecule has 0 saturated carbocycles. The van der Waals surface area contributed by atoms with E-state index in [1.807, 2.05) is 11.6 Å². The Hall–Kier alpha value is -1.10. The van der Waals surface area contributed by atoms with Crippen LogP contribution in [0.2, 0.25) is 0 Å². The minimum atomic E-state index is 0.902. The minimum Gasteiger partial charge on any atom is -0.356 e. The number of thiazole rings is 1.